The number of benzene rings is 2. The van der Waals surface area contributed by atoms with Crippen molar-refractivity contribution in [2.75, 3.05) is 50.7 Å². The Hall–Kier alpha value is -3.43. The third-order valence-electron chi connectivity index (χ3n) is 7.33. The monoisotopic (exact) mass is 550 g/mol. The highest BCUT2D eigenvalue weighted by molar-refractivity contribution is 5.95. The maximum Gasteiger partial charge on any atom is 0.415 e. The molecule has 216 valence electrons. The summed E-state index contributed by atoms with van der Waals surface area (Å²) in [7, 11) is 0. The van der Waals surface area contributed by atoms with Crippen LogP contribution in [0.4, 0.5) is 10.5 Å². The van der Waals surface area contributed by atoms with Crippen LogP contribution in [0.25, 0.3) is 0 Å². The molecule has 1 unspecified atom stereocenters. The van der Waals surface area contributed by atoms with Gasteiger partial charge in [-0.25, -0.2) is 4.79 Å². The zero-order valence-electron chi connectivity index (χ0n) is 23.9. The summed E-state index contributed by atoms with van der Waals surface area (Å²) in [5, 5.41) is 3.37. The number of hydrogen-bond donors (Lipinski definition) is 1. The third kappa shape index (κ3) is 8.29. The lowest BCUT2D eigenvalue weighted by Gasteiger charge is -2.43. The fourth-order valence-electron chi connectivity index (χ4n) is 5.31. The van der Waals surface area contributed by atoms with Crippen molar-refractivity contribution in [1.82, 2.24) is 15.1 Å². The Morgan fingerprint density at radius 1 is 0.925 bits per heavy atom. The topological polar surface area (TPSA) is 91.4 Å². The molecule has 0 spiro atoms. The summed E-state index contributed by atoms with van der Waals surface area (Å²) in [5.41, 5.74) is 0.916. The molecule has 1 N–H and O–H groups in total. The minimum atomic E-state index is -0.571. The number of para-hydroxylation sites is 1. The van der Waals surface area contributed by atoms with Crippen molar-refractivity contribution in [1.29, 1.82) is 0 Å². The zero-order chi connectivity index (χ0) is 28.5. The number of amides is 2. The van der Waals surface area contributed by atoms with E-state index in [4.69, 9.17) is 9.47 Å². The summed E-state index contributed by atoms with van der Waals surface area (Å²) in [4.78, 5) is 45.2. The van der Waals surface area contributed by atoms with Gasteiger partial charge in [-0.05, 0) is 70.3 Å². The lowest BCUT2D eigenvalue weighted by atomic mass is 9.88. The Morgan fingerprint density at radius 3 is 2.12 bits per heavy atom. The second-order valence-corrected chi connectivity index (χ2v) is 11.4. The van der Waals surface area contributed by atoms with Crippen LogP contribution in [-0.2, 0) is 25.7 Å². The molecule has 2 saturated heterocycles. The molecule has 0 bridgehead atoms. The van der Waals surface area contributed by atoms with Crippen LogP contribution in [0.15, 0.2) is 60.7 Å². The molecular weight excluding hydrogens is 508 g/mol. The van der Waals surface area contributed by atoms with Gasteiger partial charge < -0.3 is 19.7 Å². The van der Waals surface area contributed by atoms with Gasteiger partial charge in [0, 0.05) is 31.9 Å². The summed E-state index contributed by atoms with van der Waals surface area (Å²) in [6.45, 7) is 9.55. The van der Waals surface area contributed by atoms with E-state index in [0.717, 1.165) is 31.5 Å². The Kier molecular flexibility index (Phi) is 10.2. The van der Waals surface area contributed by atoms with E-state index < -0.39 is 11.7 Å². The maximum atomic E-state index is 13.4. The van der Waals surface area contributed by atoms with Crippen LogP contribution in [0.5, 0.6) is 0 Å². The SMILES string of the molecule is CC(C)(C)OC(=O)C(C1CCNCC1)N1CCN(C(=O)CN(C(=O)OCc2ccccc2)c2ccccc2)CC1. The molecule has 2 amide bonds. The smallest absolute Gasteiger partial charge is 0.415 e. The normalized spacial score (nSPS) is 17.6. The van der Waals surface area contributed by atoms with E-state index in [9.17, 15) is 14.4 Å². The first-order valence-electron chi connectivity index (χ1n) is 14.2. The lowest BCUT2D eigenvalue weighted by molar-refractivity contribution is -0.165. The van der Waals surface area contributed by atoms with Crippen molar-refractivity contribution in [2.24, 2.45) is 5.92 Å². The number of nitrogens with zero attached hydrogens (tertiary/aromatic N) is 3. The molecule has 2 aromatic carbocycles. The number of carbonyl (C=O) groups is 3. The van der Waals surface area contributed by atoms with E-state index in [-0.39, 0.29) is 37.0 Å². The lowest BCUT2D eigenvalue weighted by Crippen LogP contribution is -2.58. The largest absolute Gasteiger partial charge is 0.459 e. The minimum absolute atomic E-state index is 0.124. The molecule has 2 aliphatic heterocycles. The molecular formula is C31H42N4O5. The molecule has 0 radical (unpaired) electrons. The molecule has 9 heteroatoms. The molecule has 0 aromatic heterocycles. The first kappa shape index (κ1) is 29.6. The van der Waals surface area contributed by atoms with Crippen LogP contribution in [0.3, 0.4) is 0 Å². The molecule has 2 heterocycles. The van der Waals surface area contributed by atoms with Gasteiger partial charge in [-0.1, -0.05) is 48.5 Å². The van der Waals surface area contributed by atoms with Gasteiger partial charge in [0.15, 0.2) is 0 Å². The van der Waals surface area contributed by atoms with Gasteiger partial charge in [0.05, 0.1) is 0 Å². The van der Waals surface area contributed by atoms with Gasteiger partial charge in [-0.2, -0.15) is 0 Å². The van der Waals surface area contributed by atoms with Crippen LogP contribution >= 0.6 is 0 Å². The van der Waals surface area contributed by atoms with Crippen molar-refractivity contribution in [3.05, 3.63) is 66.2 Å². The van der Waals surface area contributed by atoms with Crippen LogP contribution in [0, 0.1) is 5.92 Å². The van der Waals surface area contributed by atoms with E-state index in [1.807, 2.05) is 69.3 Å². The van der Waals surface area contributed by atoms with Gasteiger partial charge in [0.25, 0.3) is 0 Å². The fraction of sp³-hybridized carbons (Fsp3) is 0.516. The number of piperidine rings is 1. The molecule has 2 aromatic rings. The fourth-order valence-corrected chi connectivity index (χ4v) is 5.31. The molecule has 0 saturated carbocycles. The molecule has 4 rings (SSSR count). The van der Waals surface area contributed by atoms with E-state index in [2.05, 4.69) is 10.2 Å². The molecule has 1 atom stereocenters. The minimum Gasteiger partial charge on any atom is -0.459 e. The van der Waals surface area contributed by atoms with Crippen LogP contribution in [0.2, 0.25) is 0 Å². The first-order valence-corrected chi connectivity index (χ1v) is 14.2. The van der Waals surface area contributed by atoms with E-state index in [1.54, 1.807) is 17.0 Å². The van der Waals surface area contributed by atoms with Crippen molar-refractivity contribution in [3.8, 4) is 0 Å². The summed E-state index contributed by atoms with van der Waals surface area (Å²) in [5.74, 6) is -0.127. The van der Waals surface area contributed by atoms with E-state index in [0.29, 0.717) is 31.9 Å². The van der Waals surface area contributed by atoms with Gasteiger partial charge in [0.2, 0.25) is 5.91 Å². The van der Waals surface area contributed by atoms with Crippen molar-refractivity contribution in [3.63, 3.8) is 0 Å². The summed E-state index contributed by atoms with van der Waals surface area (Å²) in [6.07, 6.45) is 1.26. The van der Waals surface area contributed by atoms with Crippen molar-refractivity contribution in [2.45, 2.75) is 51.9 Å². The Balaban J connectivity index is 1.39. The van der Waals surface area contributed by atoms with Gasteiger partial charge in [-0.3, -0.25) is 19.4 Å². The predicted molar refractivity (Wildman–Crippen MR) is 154 cm³/mol. The second-order valence-electron chi connectivity index (χ2n) is 11.4. The number of nitrogens with one attached hydrogen (secondary N) is 1. The summed E-state index contributed by atoms with van der Waals surface area (Å²) >= 11 is 0. The first-order chi connectivity index (χ1) is 19.2. The van der Waals surface area contributed by atoms with Crippen LogP contribution < -0.4 is 10.2 Å². The zero-order valence-corrected chi connectivity index (χ0v) is 23.9. The Morgan fingerprint density at radius 2 is 1.52 bits per heavy atom. The molecule has 2 fully saturated rings. The number of piperazine rings is 1. The predicted octanol–water partition coefficient (Wildman–Crippen LogP) is 3.68. The second kappa shape index (κ2) is 13.8. The molecule has 9 nitrogen and oxygen atoms in total. The summed E-state index contributed by atoms with van der Waals surface area (Å²) in [6, 6.07) is 18.2. The molecule has 2 aliphatic rings. The standard InChI is InChI=1S/C31H42N4O5/c1-31(2,3)40-29(37)28(25-14-16-32-17-15-25)34-20-18-33(19-21-34)27(36)22-35(26-12-8-5-9-13-26)30(38)39-23-24-10-6-4-7-11-24/h4-13,25,28,32H,14-23H2,1-3H3. The average Bonchev–Trinajstić information content (AvgIpc) is 2.95. The highest BCUT2D eigenvalue weighted by atomic mass is 16.6. The number of esters is 1. The van der Waals surface area contributed by atoms with Gasteiger partial charge >= 0.3 is 12.1 Å². The van der Waals surface area contributed by atoms with Gasteiger partial charge in [-0.15, -0.1) is 0 Å². The number of ether oxygens (including phenoxy) is 2. The van der Waals surface area contributed by atoms with Crippen molar-refractivity contribution < 1.29 is 23.9 Å². The van der Waals surface area contributed by atoms with E-state index >= 15 is 0 Å². The number of hydrogen-bond acceptors (Lipinski definition) is 7. The highest BCUT2D eigenvalue weighted by Crippen LogP contribution is 2.26. The van der Waals surface area contributed by atoms with E-state index in [1.165, 1.54) is 4.90 Å². The van der Waals surface area contributed by atoms with Crippen molar-refractivity contribution >= 4 is 23.7 Å². The summed E-state index contributed by atoms with van der Waals surface area (Å²) < 4.78 is 11.4. The Labute approximate surface area is 237 Å². The maximum absolute atomic E-state index is 13.4. The highest BCUT2D eigenvalue weighted by Gasteiger charge is 2.39. The van der Waals surface area contributed by atoms with Crippen LogP contribution in [0.1, 0.15) is 39.2 Å². The number of carbonyl (C=O) groups excluding carboxylic acids is 3. The number of anilines is 1. The van der Waals surface area contributed by atoms with Crippen LogP contribution in [-0.4, -0.2) is 85.2 Å². The van der Waals surface area contributed by atoms with Gasteiger partial charge in [0.1, 0.15) is 24.8 Å². The molecule has 0 aliphatic carbocycles. The Bertz CT molecular complexity index is 1110. The molecule has 40 heavy (non-hydrogen) atoms. The number of rotatable bonds is 8. The third-order valence-corrected chi connectivity index (χ3v) is 7.33. The average molecular weight is 551 g/mol. The quantitative estimate of drug-likeness (QED) is 0.502.